The molecule has 0 radical (unpaired) electrons. The first kappa shape index (κ1) is 18.3. The van der Waals surface area contributed by atoms with Crippen LogP contribution in [0.25, 0.3) is 0 Å². The number of carbonyl (C=O) groups is 3. The molecule has 1 aliphatic rings. The number of hydrogen-bond donors (Lipinski definition) is 2. The van der Waals surface area contributed by atoms with Gasteiger partial charge in [0.15, 0.2) is 11.0 Å². The van der Waals surface area contributed by atoms with Crippen molar-refractivity contribution >= 4 is 47.0 Å². The van der Waals surface area contributed by atoms with Crippen LogP contribution in [0.2, 0.25) is 0 Å². The Labute approximate surface area is 160 Å². The summed E-state index contributed by atoms with van der Waals surface area (Å²) in [6.45, 7) is 1.92. The largest absolute Gasteiger partial charge is 0.301 e. The van der Waals surface area contributed by atoms with Gasteiger partial charge in [-0.3, -0.25) is 24.3 Å². The van der Waals surface area contributed by atoms with Gasteiger partial charge in [0, 0.05) is 12.4 Å². The molecule has 1 saturated heterocycles. The van der Waals surface area contributed by atoms with Gasteiger partial charge in [0.2, 0.25) is 5.91 Å². The van der Waals surface area contributed by atoms with Crippen molar-refractivity contribution in [1.82, 2.24) is 15.7 Å². The Bertz CT molecular complexity index is 928. The molecular weight excluding hydrogens is 366 g/mol. The summed E-state index contributed by atoms with van der Waals surface area (Å²) in [4.78, 5) is 41.9. The van der Waals surface area contributed by atoms with E-state index in [1.54, 1.807) is 24.3 Å². The average molecular weight is 381 g/mol. The maximum atomic E-state index is 12.7. The maximum absolute atomic E-state index is 12.7. The van der Waals surface area contributed by atoms with E-state index in [0.29, 0.717) is 5.69 Å². The van der Waals surface area contributed by atoms with Crippen molar-refractivity contribution in [3.63, 3.8) is 0 Å². The van der Waals surface area contributed by atoms with Gasteiger partial charge in [-0.25, -0.2) is 5.43 Å². The number of aryl methyl sites for hydroxylation is 1. The first-order valence-electron chi connectivity index (χ1n) is 7.97. The number of amides is 3. The molecule has 3 rings (SSSR count). The van der Waals surface area contributed by atoms with Crippen molar-refractivity contribution in [3.8, 4) is 0 Å². The summed E-state index contributed by atoms with van der Waals surface area (Å²) in [6.07, 6.45) is 2.54. The molecule has 27 heavy (non-hydrogen) atoms. The summed E-state index contributed by atoms with van der Waals surface area (Å²) in [6, 6.07) is 12.0. The van der Waals surface area contributed by atoms with E-state index >= 15 is 0 Å². The molecule has 8 nitrogen and oxygen atoms in total. The molecule has 9 heteroatoms. The fraction of sp³-hybridized carbons (Fsp3) is 0.111. The lowest BCUT2D eigenvalue weighted by Crippen LogP contribution is -2.58. The van der Waals surface area contributed by atoms with E-state index in [1.165, 1.54) is 17.2 Å². The van der Waals surface area contributed by atoms with E-state index in [0.717, 1.165) is 11.8 Å². The molecule has 1 fully saturated rings. The highest BCUT2D eigenvalue weighted by atomic mass is 32.1. The van der Waals surface area contributed by atoms with Crippen LogP contribution in [-0.2, 0) is 9.59 Å². The van der Waals surface area contributed by atoms with Crippen molar-refractivity contribution in [2.75, 3.05) is 4.90 Å². The summed E-state index contributed by atoms with van der Waals surface area (Å²) in [5, 5.41) is 6.19. The highest BCUT2D eigenvalue weighted by Gasteiger charge is 2.38. The molecule has 0 bridgehead atoms. The molecule has 0 unspecified atom stereocenters. The zero-order valence-corrected chi connectivity index (χ0v) is 15.1. The molecule has 1 aliphatic heterocycles. The van der Waals surface area contributed by atoms with Gasteiger partial charge in [-0.1, -0.05) is 23.8 Å². The number of hydrazone groups is 1. The predicted octanol–water partition coefficient (Wildman–Crippen LogP) is 1.17. The summed E-state index contributed by atoms with van der Waals surface area (Å²) in [5.41, 5.74) is 3.96. The summed E-state index contributed by atoms with van der Waals surface area (Å²) in [7, 11) is 0. The smallest absolute Gasteiger partial charge is 0.289 e. The van der Waals surface area contributed by atoms with Crippen molar-refractivity contribution in [1.29, 1.82) is 0 Å². The van der Waals surface area contributed by atoms with Crippen molar-refractivity contribution < 1.29 is 14.4 Å². The lowest BCUT2D eigenvalue weighted by atomic mass is 10.1. The fourth-order valence-corrected chi connectivity index (χ4v) is 2.68. The molecule has 3 amide bonds. The van der Waals surface area contributed by atoms with E-state index in [-0.39, 0.29) is 10.8 Å². The van der Waals surface area contributed by atoms with Gasteiger partial charge in [-0.2, -0.15) is 5.10 Å². The van der Waals surface area contributed by atoms with E-state index < -0.39 is 23.6 Å². The second-order valence-electron chi connectivity index (χ2n) is 5.72. The molecular formula is C18H15N5O3S. The molecule has 1 atom stereocenters. The summed E-state index contributed by atoms with van der Waals surface area (Å²) in [5.74, 6) is -2.93. The molecule has 0 spiro atoms. The molecule has 1 aromatic carbocycles. The molecule has 2 N–H and O–H groups in total. The third-order valence-electron chi connectivity index (χ3n) is 3.78. The van der Waals surface area contributed by atoms with Crippen LogP contribution in [-0.4, -0.2) is 34.0 Å². The Morgan fingerprint density at radius 1 is 1.26 bits per heavy atom. The zero-order valence-electron chi connectivity index (χ0n) is 14.2. The number of nitrogens with one attached hydrogen (secondary N) is 2. The number of hydrogen-bond acceptors (Lipinski definition) is 6. The van der Waals surface area contributed by atoms with E-state index in [9.17, 15) is 14.4 Å². The lowest BCUT2D eigenvalue weighted by Gasteiger charge is -2.30. The van der Waals surface area contributed by atoms with Gasteiger partial charge in [0.25, 0.3) is 11.8 Å². The number of benzene rings is 1. The average Bonchev–Trinajstić information content (AvgIpc) is 2.66. The molecule has 2 heterocycles. The third-order valence-corrected chi connectivity index (χ3v) is 4.07. The zero-order chi connectivity index (χ0) is 19.4. The Kier molecular flexibility index (Phi) is 5.32. The van der Waals surface area contributed by atoms with Gasteiger partial charge in [-0.05, 0) is 43.4 Å². The minimum absolute atomic E-state index is 0.00368. The van der Waals surface area contributed by atoms with Crippen LogP contribution in [0.5, 0.6) is 0 Å². The Balaban J connectivity index is 1.75. The Morgan fingerprint density at radius 3 is 2.67 bits per heavy atom. The number of thiocarbonyl (C=S) groups is 1. The maximum Gasteiger partial charge on any atom is 0.289 e. The van der Waals surface area contributed by atoms with Crippen LogP contribution in [0.3, 0.4) is 0 Å². The number of anilines is 1. The Morgan fingerprint density at radius 2 is 2.00 bits per heavy atom. The third kappa shape index (κ3) is 4.04. The molecule has 136 valence electrons. The van der Waals surface area contributed by atoms with Crippen LogP contribution in [0, 0.1) is 12.8 Å². The standard InChI is InChI=1S/C18H15N5O3S/c1-11-5-7-12(8-6-11)23-17(26)13(15(24)21-18(23)27)10-20-22-16(25)14-4-2-3-9-19-14/h2-10,13H,1H3,(H,22,25)(H,21,24,27)/b20-10+/t13-/m1/s1. The van der Waals surface area contributed by atoms with Crippen LogP contribution in [0.1, 0.15) is 16.1 Å². The molecule has 0 saturated carbocycles. The van der Waals surface area contributed by atoms with Gasteiger partial charge >= 0.3 is 0 Å². The molecule has 2 aromatic rings. The number of rotatable bonds is 4. The predicted molar refractivity (Wildman–Crippen MR) is 103 cm³/mol. The lowest BCUT2D eigenvalue weighted by molar-refractivity contribution is -0.130. The quantitative estimate of drug-likeness (QED) is 0.358. The number of aromatic nitrogens is 1. The fourth-order valence-electron chi connectivity index (χ4n) is 2.38. The SMILES string of the molecule is Cc1ccc(N2C(=O)[C@H](/C=N/NC(=O)c3ccccn3)C(=O)NC2=S)cc1. The van der Waals surface area contributed by atoms with Gasteiger partial charge in [0.1, 0.15) is 5.69 Å². The summed E-state index contributed by atoms with van der Waals surface area (Å²) < 4.78 is 0. The van der Waals surface area contributed by atoms with Crippen molar-refractivity contribution in [2.24, 2.45) is 11.0 Å². The van der Waals surface area contributed by atoms with Crippen molar-refractivity contribution in [3.05, 3.63) is 59.9 Å². The van der Waals surface area contributed by atoms with Gasteiger partial charge in [0.05, 0.1) is 5.69 Å². The van der Waals surface area contributed by atoms with Crippen LogP contribution < -0.4 is 15.6 Å². The highest BCUT2D eigenvalue weighted by Crippen LogP contribution is 2.20. The molecule has 1 aromatic heterocycles. The van der Waals surface area contributed by atoms with E-state index in [1.807, 2.05) is 19.1 Å². The van der Waals surface area contributed by atoms with Crippen LogP contribution in [0.4, 0.5) is 5.69 Å². The van der Waals surface area contributed by atoms with E-state index in [4.69, 9.17) is 12.2 Å². The van der Waals surface area contributed by atoms with Crippen molar-refractivity contribution in [2.45, 2.75) is 6.92 Å². The summed E-state index contributed by atoms with van der Waals surface area (Å²) >= 11 is 5.12. The second kappa shape index (κ2) is 7.83. The number of nitrogens with zero attached hydrogens (tertiary/aromatic N) is 3. The topological polar surface area (TPSA) is 104 Å². The monoisotopic (exact) mass is 381 g/mol. The van der Waals surface area contributed by atoms with Gasteiger partial charge < -0.3 is 5.32 Å². The highest BCUT2D eigenvalue weighted by molar-refractivity contribution is 7.80. The number of pyridine rings is 1. The number of carbonyl (C=O) groups excluding carboxylic acids is 3. The van der Waals surface area contributed by atoms with Gasteiger partial charge in [-0.15, -0.1) is 0 Å². The minimum Gasteiger partial charge on any atom is -0.301 e. The Hall–Kier alpha value is -3.46. The normalized spacial score (nSPS) is 17.1. The minimum atomic E-state index is -1.22. The molecule has 0 aliphatic carbocycles. The van der Waals surface area contributed by atoms with Crippen LogP contribution in [0.15, 0.2) is 53.8 Å². The first-order chi connectivity index (χ1) is 13.0. The first-order valence-corrected chi connectivity index (χ1v) is 8.38. The second-order valence-corrected chi connectivity index (χ2v) is 6.10. The van der Waals surface area contributed by atoms with E-state index in [2.05, 4.69) is 20.8 Å². The van der Waals surface area contributed by atoms with Crippen LogP contribution >= 0.6 is 12.2 Å².